The molecule has 17 heavy (non-hydrogen) atoms. The molecule has 1 atom stereocenters. The van der Waals surface area contributed by atoms with E-state index in [4.69, 9.17) is 19.7 Å². The minimum atomic E-state index is -0.621. The van der Waals surface area contributed by atoms with Gasteiger partial charge >= 0.3 is 0 Å². The quantitative estimate of drug-likeness (QED) is 0.834. The molecule has 2 heterocycles. The minimum Gasteiger partial charge on any atom is -0.379 e. The first-order valence-corrected chi connectivity index (χ1v) is 5.95. The zero-order valence-corrected chi connectivity index (χ0v) is 9.94. The highest BCUT2D eigenvalue weighted by Crippen LogP contribution is 2.43. The summed E-state index contributed by atoms with van der Waals surface area (Å²) >= 11 is 0. The molecule has 6 heteroatoms. The minimum absolute atomic E-state index is 0.350. The van der Waals surface area contributed by atoms with Gasteiger partial charge in [0, 0.05) is 13.7 Å². The van der Waals surface area contributed by atoms with E-state index in [1.165, 1.54) is 0 Å². The fourth-order valence-electron chi connectivity index (χ4n) is 2.38. The molecule has 1 saturated carbocycles. The van der Waals surface area contributed by atoms with E-state index in [9.17, 15) is 0 Å². The molecule has 2 aliphatic rings. The van der Waals surface area contributed by atoms with Crippen molar-refractivity contribution in [3.63, 3.8) is 0 Å². The highest BCUT2D eigenvalue weighted by Gasteiger charge is 2.45. The molecular weight excluding hydrogens is 222 g/mol. The second-order valence-electron chi connectivity index (χ2n) is 4.93. The predicted molar refractivity (Wildman–Crippen MR) is 58.1 cm³/mol. The maximum absolute atomic E-state index is 6.18. The van der Waals surface area contributed by atoms with E-state index in [2.05, 4.69) is 10.1 Å². The van der Waals surface area contributed by atoms with Crippen molar-refractivity contribution < 1.29 is 14.0 Å². The van der Waals surface area contributed by atoms with Gasteiger partial charge in [-0.25, -0.2) is 0 Å². The highest BCUT2D eigenvalue weighted by molar-refractivity contribution is 5.11. The van der Waals surface area contributed by atoms with Crippen LogP contribution in [0.5, 0.6) is 0 Å². The van der Waals surface area contributed by atoms with Crippen LogP contribution in [0.4, 0.5) is 0 Å². The van der Waals surface area contributed by atoms with Crippen LogP contribution in [0.15, 0.2) is 4.52 Å². The molecule has 0 bridgehead atoms. The van der Waals surface area contributed by atoms with Crippen LogP contribution in [0.2, 0.25) is 0 Å². The van der Waals surface area contributed by atoms with Crippen LogP contribution in [0.25, 0.3) is 0 Å². The van der Waals surface area contributed by atoms with E-state index in [1.54, 1.807) is 7.11 Å². The van der Waals surface area contributed by atoms with Crippen molar-refractivity contribution in [2.45, 2.75) is 36.8 Å². The smallest absolute Gasteiger partial charge is 0.249 e. The molecule has 94 valence electrons. The van der Waals surface area contributed by atoms with Crippen LogP contribution in [0, 0.1) is 0 Å². The van der Waals surface area contributed by atoms with E-state index < -0.39 is 5.54 Å². The van der Waals surface area contributed by atoms with Crippen LogP contribution in [0.1, 0.15) is 37.4 Å². The molecule has 3 rings (SSSR count). The lowest BCUT2D eigenvalue weighted by Crippen LogP contribution is -2.39. The van der Waals surface area contributed by atoms with Crippen molar-refractivity contribution in [3.8, 4) is 0 Å². The molecule has 1 aromatic rings. The average Bonchev–Trinajstić information content (AvgIpc) is 2.87. The number of hydrogen-bond donors (Lipinski definition) is 1. The van der Waals surface area contributed by atoms with Crippen molar-refractivity contribution in [1.29, 1.82) is 0 Å². The van der Waals surface area contributed by atoms with E-state index in [0.717, 1.165) is 19.3 Å². The molecule has 6 nitrogen and oxygen atoms in total. The Morgan fingerprint density at radius 3 is 2.71 bits per heavy atom. The normalized spacial score (nSPS) is 31.4. The zero-order chi connectivity index (χ0) is 11.9. The molecule has 1 saturated heterocycles. The Morgan fingerprint density at radius 2 is 2.18 bits per heavy atom. The molecule has 1 aliphatic heterocycles. The molecule has 1 aliphatic carbocycles. The Morgan fingerprint density at radius 1 is 1.35 bits per heavy atom. The van der Waals surface area contributed by atoms with Gasteiger partial charge in [-0.05, 0) is 25.7 Å². The fourth-order valence-corrected chi connectivity index (χ4v) is 2.38. The van der Waals surface area contributed by atoms with E-state index in [-0.39, 0.29) is 5.60 Å². The molecule has 2 N–H and O–H groups in total. The average molecular weight is 239 g/mol. The molecule has 2 fully saturated rings. The molecule has 1 aromatic heterocycles. The van der Waals surface area contributed by atoms with E-state index in [1.807, 2.05) is 0 Å². The van der Waals surface area contributed by atoms with Gasteiger partial charge in [0.05, 0.1) is 6.61 Å². The van der Waals surface area contributed by atoms with Gasteiger partial charge in [0.2, 0.25) is 11.7 Å². The summed E-state index contributed by atoms with van der Waals surface area (Å²) in [5, 5.41) is 4.02. The Bertz CT molecular complexity index is 386. The number of nitrogens with zero attached hydrogens (tertiary/aromatic N) is 2. The molecule has 1 unspecified atom stereocenters. The second kappa shape index (κ2) is 3.76. The van der Waals surface area contributed by atoms with Crippen molar-refractivity contribution in [2.75, 3.05) is 20.3 Å². The van der Waals surface area contributed by atoms with Crippen LogP contribution >= 0.6 is 0 Å². The largest absolute Gasteiger partial charge is 0.379 e. The van der Waals surface area contributed by atoms with Gasteiger partial charge in [-0.3, -0.25) is 0 Å². The summed E-state index contributed by atoms with van der Waals surface area (Å²) in [6, 6.07) is 0. The lowest BCUT2D eigenvalue weighted by Gasteiger charge is -2.37. The number of hydrogen-bond acceptors (Lipinski definition) is 6. The lowest BCUT2D eigenvalue weighted by atomic mass is 9.79. The van der Waals surface area contributed by atoms with Gasteiger partial charge in [-0.15, -0.1) is 0 Å². The third-order valence-electron chi connectivity index (χ3n) is 3.86. The van der Waals surface area contributed by atoms with Crippen molar-refractivity contribution >= 4 is 0 Å². The van der Waals surface area contributed by atoms with Gasteiger partial charge in [0.15, 0.2) is 0 Å². The van der Waals surface area contributed by atoms with Crippen LogP contribution < -0.4 is 5.73 Å². The Hall–Kier alpha value is -0.980. The third kappa shape index (κ3) is 1.59. The number of aromatic nitrogens is 2. The van der Waals surface area contributed by atoms with E-state index >= 15 is 0 Å². The topological polar surface area (TPSA) is 83.4 Å². The van der Waals surface area contributed by atoms with Gasteiger partial charge < -0.3 is 19.7 Å². The fraction of sp³-hybridized carbons (Fsp3) is 0.818. The zero-order valence-electron chi connectivity index (χ0n) is 9.94. The predicted octanol–water partition coefficient (Wildman–Crippen LogP) is 0.669. The number of methoxy groups -OCH3 is 1. The summed E-state index contributed by atoms with van der Waals surface area (Å²) in [5.41, 5.74) is 5.21. The molecule has 0 aromatic carbocycles. The van der Waals surface area contributed by atoms with Crippen molar-refractivity contribution in [3.05, 3.63) is 11.7 Å². The summed E-state index contributed by atoms with van der Waals surface area (Å²) in [6.07, 6.45) is 3.73. The van der Waals surface area contributed by atoms with Gasteiger partial charge in [0.1, 0.15) is 11.1 Å². The maximum atomic E-state index is 6.18. The molecule has 0 radical (unpaired) electrons. The van der Waals surface area contributed by atoms with Crippen molar-refractivity contribution in [1.82, 2.24) is 10.1 Å². The van der Waals surface area contributed by atoms with Crippen LogP contribution in [-0.4, -0.2) is 30.5 Å². The van der Waals surface area contributed by atoms with Crippen LogP contribution in [-0.2, 0) is 20.6 Å². The van der Waals surface area contributed by atoms with Gasteiger partial charge in [-0.1, -0.05) is 5.16 Å². The lowest BCUT2D eigenvalue weighted by molar-refractivity contribution is -0.0858. The second-order valence-corrected chi connectivity index (χ2v) is 4.93. The Balaban J connectivity index is 1.87. The SMILES string of the molecule is COC1(c2noc(C3(N)CCOC3)n2)CCC1. The first kappa shape index (κ1) is 11.1. The maximum Gasteiger partial charge on any atom is 0.249 e. The molecule has 0 amide bonds. The summed E-state index contributed by atoms with van der Waals surface area (Å²) in [7, 11) is 1.69. The number of rotatable bonds is 3. The highest BCUT2D eigenvalue weighted by atomic mass is 16.5. The summed E-state index contributed by atoms with van der Waals surface area (Å²) in [5.74, 6) is 1.09. The Labute approximate surface area is 99.5 Å². The first-order valence-electron chi connectivity index (χ1n) is 5.95. The molecular formula is C11H17N3O3. The Kier molecular flexibility index (Phi) is 2.46. The third-order valence-corrected chi connectivity index (χ3v) is 3.86. The molecule has 0 spiro atoms. The van der Waals surface area contributed by atoms with Crippen molar-refractivity contribution in [2.24, 2.45) is 5.73 Å². The number of nitrogens with two attached hydrogens (primary N) is 1. The van der Waals surface area contributed by atoms with E-state index in [0.29, 0.717) is 31.3 Å². The standard InChI is InChI=1S/C11H17N3O3/c1-15-11(3-2-4-11)8-13-9(17-14-8)10(12)5-6-16-7-10/h2-7,12H2,1H3. The van der Waals surface area contributed by atoms with Gasteiger partial charge in [-0.2, -0.15) is 4.98 Å². The summed E-state index contributed by atoms with van der Waals surface area (Å²) in [4.78, 5) is 4.42. The van der Waals surface area contributed by atoms with Gasteiger partial charge in [0.25, 0.3) is 0 Å². The van der Waals surface area contributed by atoms with Crippen LogP contribution in [0.3, 0.4) is 0 Å². The first-order chi connectivity index (χ1) is 8.19. The monoisotopic (exact) mass is 239 g/mol. The summed E-state index contributed by atoms with van der Waals surface area (Å²) in [6.45, 7) is 1.08. The number of ether oxygens (including phenoxy) is 2. The summed E-state index contributed by atoms with van der Waals surface area (Å²) < 4.78 is 16.1.